The van der Waals surface area contributed by atoms with Gasteiger partial charge in [-0.15, -0.1) is 0 Å². The predicted molar refractivity (Wildman–Crippen MR) is 82.5 cm³/mol. The van der Waals surface area contributed by atoms with Crippen molar-refractivity contribution in [2.45, 2.75) is 33.2 Å². The fraction of sp³-hybridized carbons (Fsp3) is 0.467. The quantitative estimate of drug-likeness (QED) is 0.840. The van der Waals surface area contributed by atoms with E-state index in [4.69, 9.17) is 0 Å². The molecule has 1 aromatic rings. The summed E-state index contributed by atoms with van der Waals surface area (Å²) in [5.41, 5.74) is 0.0283. The van der Waals surface area contributed by atoms with Crippen LogP contribution in [0, 0.1) is 11.2 Å². The molecule has 2 rings (SSSR count). The first-order chi connectivity index (χ1) is 9.70. The van der Waals surface area contributed by atoms with Gasteiger partial charge < -0.3 is 10.2 Å². The Balaban J connectivity index is 2.45. The van der Waals surface area contributed by atoms with Crippen molar-refractivity contribution < 1.29 is 14.0 Å². The Labute approximate surface area is 131 Å². The number of amides is 2. The minimum atomic E-state index is -0.636. The highest BCUT2D eigenvalue weighted by atomic mass is 79.9. The van der Waals surface area contributed by atoms with Crippen LogP contribution < -0.4 is 10.2 Å². The second kappa shape index (κ2) is 5.75. The lowest BCUT2D eigenvalue weighted by atomic mass is 9.86. The molecule has 1 fully saturated rings. The number of rotatable bonds is 1. The molecule has 1 atom stereocenters. The summed E-state index contributed by atoms with van der Waals surface area (Å²) in [6.45, 7) is 5.90. The molecule has 1 aliphatic heterocycles. The fourth-order valence-electron chi connectivity index (χ4n) is 2.29. The molecule has 21 heavy (non-hydrogen) atoms. The van der Waals surface area contributed by atoms with Crippen LogP contribution in [-0.4, -0.2) is 24.4 Å². The highest BCUT2D eigenvalue weighted by Crippen LogP contribution is 2.31. The predicted octanol–water partition coefficient (Wildman–Crippen LogP) is 2.86. The van der Waals surface area contributed by atoms with E-state index in [1.807, 2.05) is 20.8 Å². The molecule has 0 spiro atoms. The zero-order chi connectivity index (χ0) is 15.8. The van der Waals surface area contributed by atoms with Crippen LogP contribution in [0.3, 0.4) is 0 Å². The molecule has 1 aliphatic rings. The number of anilines is 1. The van der Waals surface area contributed by atoms with Crippen molar-refractivity contribution >= 4 is 33.4 Å². The summed E-state index contributed by atoms with van der Waals surface area (Å²) in [5, 5.41) is 2.76. The zero-order valence-electron chi connectivity index (χ0n) is 12.2. The molecule has 0 bridgehead atoms. The van der Waals surface area contributed by atoms with E-state index in [0.717, 1.165) is 0 Å². The van der Waals surface area contributed by atoms with Crippen LogP contribution in [-0.2, 0) is 9.59 Å². The number of benzene rings is 1. The Bertz CT molecular complexity index is 584. The number of hydrogen-bond donors (Lipinski definition) is 1. The average molecular weight is 357 g/mol. The zero-order valence-corrected chi connectivity index (χ0v) is 13.8. The van der Waals surface area contributed by atoms with Gasteiger partial charge in [-0.05, 0) is 39.5 Å². The molecular weight excluding hydrogens is 339 g/mol. The van der Waals surface area contributed by atoms with Crippen LogP contribution in [0.1, 0.15) is 27.2 Å². The van der Waals surface area contributed by atoms with Crippen molar-refractivity contribution in [1.82, 2.24) is 5.32 Å². The third kappa shape index (κ3) is 3.43. The van der Waals surface area contributed by atoms with Gasteiger partial charge in [0.05, 0.1) is 5.69 Å². The normalized spacial score (nSPS) is 20.2. The molecule has 0 aromatic heterocycles. The van der Waals surface area contributed by atoms with Crippen molar-refractivity contribution in [3.8, 4) is 0 Å². The molecule has 2 amide bonds. The third-order valence-electron chi connectivity index (χ3n) is 3.45. The van der Waals surface area contributed by atoms with Crippen LogP contribution in [0.5, 0.6) is 0 Å². The standard InChI is InChI=1S/C15H18BrFN2O2/c1-15(2,3)13-14(21)19(7-6-12(20)18-13)11-8-9(17)4-5-10(11)16/h4-5,8,13H,6-7H2,1-3H3,(H,18,20). The van der Waals surface area contributed by atoms with Crippen LogP contribution in [0.15, 0.2) is 22.7 Å². The minimum absolute atomic E-state index is 0.168. The molecule has 0 saturated carbocycles. The van der Waals surface area contributed by atoms with Gasteiger partial charge in [-0.25, -0.2) is 4.39 Å². The van der Waals surface area contributed by atoms with Crippen molar-refractivity contribution in [3.05, 3.63) is 28.5 Å². The van der Waals surface area contributed by atoms with Crippen LogP contribution >= 0.6 is 15.9 Å². The smallest absolute Gasteiger partial charge is 0.250 e. The maximum absolute atomic E-state index is 13.5. The van der Waals surface area contributed by atoms with E-state index in [1.54, 1.807) is 6.07 Å². The lowest BCUT2D eigenvalue weighted by molar-refractivity contribution is -0.127. The van der Waals surface area contributed by atoms with Gasteiger partial charge in [0.25, 0.3) is 0 Å². The molecule has 0 aliphatic carbocycles. The molecule has 6 heteroatoms. The maximum Gasteiger partial charge on any atom is 0.250 e. The van der Waals surface area contributed by atoms with Gasteiger partial charge in [-0.1, -0.05) is 20.8 Å². The topological polar surface area (TPSA) is 49.4 Å². The van der Waals surface area contributed by atoms with Crippen LogP contribution in [0.2, 0.25) is 0 Å². The van der Waals surface area contributed by atoms with Crippen molar-refractivity contribution in [2.24, 2.45) is 5.41 Å². The number of halogens is 2. The molecule has 4 nitrogen and oxygen atoms in total. The summed E-state index contributed by atoms with van der Waals surface area (Å²) < 4.78 is 14.1. The van der Waals surface area contributed by atoms with E-state index in [0.29, 0.717) is 10.2 Å². The lowest BCUT2D eigenvalue weighted by Crippen LogP contribution is -2.52. The summed E-state index contributed by atoms with van der Waals surface area (Å²) in [6, 6.07) is 3.55. The van der Waals surface area contributed by atoms with Crippen molar-refractivity contribution in [2.75, 3.05) is 11.4 Å². The van der Waals surface area contributed by atoms with Gasteiger partial charge in [0, 0.05) is 17.4 Å². The Hall–Kier alpha value is -1.43. The number of carbonyl (C=O) groups is 2. The first-order valence-corrected chi connectivity index (χ1v) is 7.55. The summed E-state index contributed by atoms with van der Waals surface area (Å²) in [6.07, 6.45) is 0.196. The number of nitrogens with zero attached hydrogens (tertiary/aromatic N) is 1. The number of hydrogen-bond acceptors (Lipinski definition) is 2. The van der Waals surface area contributed by atoms with E-state index in [9.17, 15) is 14.0 Å². The Morgan fingerprint density at radius 3 is 2.62 bits per heavy atom. The van der Waals surface area contributed by atoms with Crippen LogP contribution in [0.4, 0.5) is 10.1 Å². The maximum atomic E-state index is 13.5. The van der Waals surface area contributed by atoms with E-state index < -0.39 is 17.3 Å². The SMILES string of the molecule is CC(C)(C)C1NC(=O)CCN(c2cc(F)ccc2Br)C1=O. The van der Waals surface area contributed by atoms with Crippen molar-refractivity contribution in [1.29, 1.82) is 0 Å². The van der Waals surface area contributed by atoms with Gasteiger partial charge in [0.15, 0.2) is 0 Å². The lowest BCUT2D eigenvalue weighted by Gasteiger charge is -2.32. The molecular formula is C15H18BrFN2O2. The fourth-order valence-corrected chi connectivity index (χ4v) is 2.75. The number of carbonyl (C=O) groups excluding carboxylic acids is 2. The Morgan fingerprint density at radius 2 is 2.00 bits per heavy atom. The highest BCUT2D eigenvalue weighted by molar-refractivity contribution is 9.10. The van der Waals surface area contributed by atoms with Gasteiger partial charge >= 0.3 is 0 Å². The first kappa shape index (κ1) is 15.9. The van der Waals surface area contributed by atoms with Gasteiger partial charge in [-0.3, -0.25) is 9.59 Å². The average Bonchev–Trinajstić information content (AvgIpc) is 2.52. The van der Waals surface area contributed by atoms with E-state index >= 15 is 0 Å². The molecule has 0 radical (unpaired) electrons. The van der Waals surface area contributed by atoms with Crippen molar-refractivity contribution in [3.63, 3.8) is 0 Å². The Kier molecular flexibility index (Phi) is 4.37. The second-order valence-electron chi connectivity index (χ2n) is 6.20. The summed E-state index contributed by atoms with van der Waals surface area (Å²) in [4.78, 5) is 26.1. The van der Waals surface area contributed by atoms with Gasteiger partial charge in [0.2, 0.25) is 11.8 Å². The first-order valence-electron chi connectivity index (χ1n) is 6.76. The van der Waals surface area contributed by atoms with E-state index in [1.165, 1.54) is 17.0 Å². The van der Waals surface area contributed by atoms with Gasteiger partial charge in [0.1, 0.15) is 11.9 Å². The molecule has 114 valence electrons. The summed E-state index contributed by atoms with van der Waals surface area (Å²) in [5.74, 6) is -0.810. The van der Waals surface area contributed by atoms with Gasteiger partial charge in [-0.2, -0.15) is 0 Å². The number of nitrogens with one attached hydrogen (secondary N) is 1. The highest BCUT2D eigenvalue weighted by Gasteiger charge is 2.38. The molecule has 1 aromatic carbocycles. The third-order valence-corrected chi connectivity index (χ3v) is 4.12. The van der Waals surface area contributed by atoms with E-state index in [2.05, 4.69) is 21.2 Å². The summed E-state index contributed by atoms with van der Waals surface area (Å²) in [7, 11) is 0. The largest absolute Gasteiger partial charge is 0.344 e. The second-order valence-corrected chi connectivity index (χ2v) is 7.06. The van der Waals surface area contributed by atoms with E-state index in [-0.39, 0.29) is 24.8 Å². The molecule has 1 saturated heterocycles. The van der Waals surface area contributed by atoms with Crippen LogP contribution in [0.25, 0.3) is 0 Å². The molecule has 1 unspecified atom stereocenters. The summed E-state index contributed by atoms with van der Waals surface area (Å²) >= 11 is 3.34. The minimum Gasteiger partial charge on any atom is -0.344 e. The molecule has 1 heterocycles. The molecule has 1 N–H and O–H groups in total. The monoisotopic (exact) mass is 356 g/mol. The Morgan fingerprint density at radius 1 is 1.33 bits per heavy atom.